The summed E-state index contributed by atoms with van der Waals surface area (Å²) in [4.78, 5) is 51.2. The SMILES string of the molecule is Cc1ccc([C@H](Nc2c(Nc3ccc(Cl)c4c3C(=O)N([C@@H](C)C(N)=O)C4)c(=O)c2=O)C(C)(C)C)o1. The molecule has 2 aromatic carbocycles. The number of furan rings is 1. The monoisotopic (exact) mass is 498 g/mol. The van der Waals surface area contributed by atoms with Crippen LogP contribution in [0.25, 0.3) is 0 Å². The first kappa shape index (κ1) is 24.5. The van der Waals surface area contributed by atoms with Crippen LogP contribution < -0.4 is 27.2 Å². The minimum Gasteiger partial charge on any atom is -0.464 e. The van der Waals surface area contributed by atoms with E-state index in [0.29, 0.717) is 22.0 Å². The number of hydrogen-bond acceptors (Lipinski definition) is 7. The second-order valence-electron chi connectivity index (χ2n) is 9.88. The second-order valence-corrected chi connectivity index (χ2v) is 10.3. The Bertz CT molecular complexity index is 1410. The Morgan fingerprint density at radius 3 is 2.34 bits per heavy atom. The number of carbonyl (C=O) groups is 2. The highest BCUT2D eigenvalue weighted by atomic mass is 35.5. The quantitative estimate of drug-likeness (QED) is 0.423. The first-order valence-electron chi connectivity index (χ1n) is 11.2. The van der Waals surface area contributed by atoms with Crippen LogP contribution in [0, 0.1) is 12.3 Å². The molecule has 1 aromatic heterocycles. The fourth-order valence-electron chi connectivity index (χ4n) is 4.23. The maximum absolute atomic E-state index is 13.2. The summed E-state index contributed by atoms with van der Waals surface area (Å²) in [5.41, 5.74) is 4.90. The summed E-state index contributed by atoms with van der Waals surface area (Å²) in [6.45, 7) is 9.43. The second kappa shape index (κ2) is 8.57. The van der Waals surface area contributed by atoms with Gasteiger partial charge in [0.1, 0.15) is 28.9 Å². The van der Waals surface area contributed by atoms with Crippen molar-refractivity contribution in [2.45, 2.75) is 53.2 Å². The van der Waals surface area contributed by atoms with E-state index in [1.54, 1.807) is 12.1 Å². The van der Waals surface area contributed by atoms with Crippen LogP contribution in [0.4, 0.5) is 17.1 Å². The van der Waals surface area contributed by atoms with Crippen LogP contribution in [0.3, 0.4) is 0 Å². The maximum Gasteiger partial charge on any atom is 0.257 e. The lowest BCUT2D eigenvalue weighted by Crippen LogP contribution is -2.42. The number of carbonyl (C=O) groups excluding carboxylic acids is 2. The molecule has 2 amide bonds. The molecule has 1 aliphatic heterocycles. The highest BCUT2D eigenvalue weighted by Crippen LogP contribution is 2.40. The number of benzene rings is 1. The number of nitrogens with zero attached hydrogens (tertiary/aromatic N) is 1. The highest BCUT2D eigenvalue weighted by Gasteiger charge is 2.38. The number of fused-ring (bicyclic) bond motifs is 1. The Morgan fingerprint density at radius 2 is 1.77 bits per heavy atom. The number of aryl methyl sites for hydroxylation is 1. The molecule has 1 aliphatic rings. The van der Waals surface area contributed by atoms with Crippen molar-refractivity contribution in [2.24, 2.45) is 11.1 Å². The molecular weight excluding hydrogens is 472 g/mol. The zero-order valence-corrected chi connectivity index (χ0v) is 20.9. The van der Waals surface area contributed by atoms with Crippen LogP contribution in [0.15, 0.2) is 38.3 Å². The Labute approximate surface area is 206 Å². The van der Waals surface area contributed by atoms with Crippen LogP contribution in [0.2, 0.25) is 5.02 Å². The van der Waals surface area contributed by atoms with Crippen molar-refractivity contribution in [1.29, 1.82) is 0 Å². The standard InChI is InChI=1S/C25H27ClN4O5/c1-11-6-9-16(35-11)22(25(3,4)5)29-19-18(20(31)21(19)32)28-15-8-7-14(26)13-10-30(12(2)23(27)33)24(34)17(13)15/h6-9,12,22,28-29H,10H2,1-5H3,(H2,27,33)/t12-,22-/m0/s1. The molecule has 0 saturated heterocycles. The molecule has 35 heavy (non-hydrogen) atoms. The summed E-state index contributed by atoms with van der Waals surface area (Å²) in [5, 5.41) is 6.49. The van der Waals surface area contributed by atoms with Crippen molar-refractivity contribution in [1.82, 2.24) is 4.90 Å². The van der Waals surface area contributed by atoms with E-state index in [2.05, 4.69) is 10.6 Å². The van der Waals surface area contributed by atoms with Gasteiger partial charge in [0, 0.05) is 17.1 Å². The summed E-state index contributed by atoms with van der Waals surface area (Å²) in [6.07, 6.45) is 0. The summed E-state index contributed by atoms with van der Waals surface area (Å²) < 4.78 is 5.79. The Morgan fingerprint density at radius 1 is 1.11 bits per heavy atom. The molecule has 0 spiro atoms. The van der Waals surface area contributed by atoms with Gasteiger partial charge in [0.15, 0.2) is 0 Å². The average molecular weight is 499 g/mol. The third kappa shape index (κ3) is 4.20. The number of rotatable bonds is 7. The van der Waals surface area contributed by atoms with Gasteiger partial charge in [-0.1, -0.05) is 32.4 Å². The molecule has 0 radical (unpaired) electrons. The maximum atomic E-state index is 13.2. The molecule has 0 bridgehead atoms. The number of nitrogens with one attached hydrogen (secondary N) is 2. The van der Waals surface area contributed by atoms with Crippen molar-refractivity contribution in [2.75, 3.05) is 10.6 Å². The molecule has 4 rings (SSSR count). The smallest absolute Gasteiger partial charge is 0.257 e. The fraction of sp³-hybridized carbons (Fsp3) is 0.360. The number of halogens is 1. The molecule has 10 heteroatoms. The first-order chi connectivity index (χ1) is 16.3. The highest BCUT2D eigenvalue weighted by molar-refractivity contribution is 6.32. The number of amides is 2. The molecule has 2 atom stereocenters. The summed E-state index contributed by atoms with van der Waals surface area (Å²) >= 11 is 6.33. The normalized spacial score (nSPS) is 15.3. The van der Waals surface area contributed by atoms with Gasteiger partial charge in [-0.05, 0) is 43.5 Å². The van der Waals surface area contributed by atoms with Gasteiger partial charge in [0.2, 0.25) is 5.91 Å². The van der Waals surface area contributed by atoms with Gasteiger partial charge in [-0.15, -0.1) is 0 Å². The minimum absolute atomic E-state index is 0.0475. The van der Waals surface area contributed by atoms with Gasteiger partial charge in [0.25, 0.3) is 16.8 Å². The van der Waals surface area contributed by atoms with Crippen LogP contribution >= 0.6 is 11.6 Å². The van der Waals surface area contributed by atoms with Gasteiger partial charge < -0.3 is 25.7 Å². The van der Waals surface area contributed by atoms with E-state index in [1.807, 2.05) is 39.8 Å². The number of anilines is 3. The molecule has 2 heterocycles. The van der Waals surface area contributed by atoms with Crippen molar-refractivity contribution in [3.63, 3.8) is 0 Å². The number of hydrogen-bond donors (Lipinski definition) is 3. The topological polar surface area (TPSA) is 135 Å². The Balaban J connectivity index is 1.70. The molecule has 0 aliphatic carbocycles. The van der Waals surface area contributed by atoms with Crippen LogP contribution in [0.5, 0.6) is 0 Å². The van der Waals surface area contributed by atoms with E-state index >= 15 is 0 Å². The Hall–Kier alpha value is -3.59. The first-order valence-corrected chi connectivity index (χ1v) is 11.5. The minimum atomic E-state index is -0.841. The summed E-state index contributed by atoms with van der Waals surface area (Å²) in [5.74, 6) is 0.271. The van der Waals surface area contributed by atoms with Gasteiger partial charge in [-0.2, -0.15) is 0 Å². The van der Waals surface area contributed by atoms with E-state index in [4.69, 9.17) is 21.8 Å². The van der Waals surface area contributed by atoms with Crippen molar-refractivity contribution in [3.05, 3.63) is 72.4 Å². The molecule has 0 fully saturated rings. The average Bonchev–Trinajstić information content (AvgIpc) is 3.36. The van der Waals surface area contributed by atoms with Crippen LogP contribution in [0.1, 0.15) is 61.2 Å². The summed E-state index contributed by atoms with van der Waals surface area (Å²) in [7, 11) is 0. The summed E-state index contributed by atoms with van der Waals surface area (Å²) in [6, 6.07) is 5.58. The third-order valence-electron chi connectivity index (χ3n) is 6.31. The lowest BCUT2D eigenvalue weighted by Gasteiger charge is -2.31. The van der Waals surface area contributed by atoms with E-state index in [0.717, 1.165) is 5.76 Å². The molecule has 184 valence electrons. The number of primary amides is 1. The zero-order valence-electron chi connectivity index (χ0n) is 20.1. The van der Waals surface area contributed by atoms with Crippen molar-refractivity contribution in [3.8, 4) is 0 Å². The molecular formula is C25H27ClN4O5. The van der Waals surface area contributed by atoms with E-state index in [1.165, 1.54) is 11.8 Å². The number of nitrogens with two attached hydrogens (primary N) is 1. The van der Waals surface area contributed by atoms with Crippen LogP contribution in [-0.4, -0.2) is 22.8 Å². The lowest BCUT2D eigenvalue weighted by molar-refractivity contribution is -0.122. The molecule has 0 unspecified atom stereocenters. The van der Waals surface area contributed by atoms with Gasteiger partial charge >= 0.3 is 0 Å². The van der Waals surface area contributed by atoms with Crippen molar-refractivity contribution < 1.29 is 14.0 Å². The largest absolute Gasteiger partial charge is 0.464 e. The molecule has 3 aromatic rings. The molecule has 9 nitrogen and oxygen atoms in total. The predicted molar refractivity (Wildman–Crippen MR) is 134 cm³/mol. The van der Waals surface area contributed by atoms with E-state index in [-0.39, 0.29) is 28.9 Å². The van der Waals surface area contributed by atoms with E-state index in [9.17, 15) is 19.2 Å². The Kier molecular flexibility index (Phi) is 6.00. The van der Waals surface area contributed by atoms with Gasteiger partial charge in [0.05, 0.1) is 17.3 Å². The third-order valence-corrected chi connectivity index (χ3v) is 6.66. The van der Waals surface area contributed by atoms with Gasteiger partial charge in [-0.25, -0.2) is 0 Å². The van der Waals surface area contributed by atoms with Crippen LogP contribution in [-0.2, 0) is 11.3 Å². The lowest BCUT2D eigenvalue weighted by atomic mass is 9.85. The predicted octanol–water partition coefficient (Wildman–Crippen LogP) is 3.61. The molecule has 0 saturated carbocycles. The van der Waals surface area contributed by atoms with E-state index < -0.39 is 34.8 Å². The zero-order chi connectivity index (χ0) is 25.8. The molecule has 4 N–H and O–H groups in total. The fourth-order valence-corrected chi connectivity index (χ4v) is 4.45. The van der Waals surface area contributed by atoms with Gasteiger partial charge in [-0.3, -0.25) is 19.2 Å². The van der Waals surface area contributed by atoms with Crippen molar-refractivity contribution >= 4 is 40.5 Å².